The smallest absolute Gasteiger partial charge is 0.297 e. The number of nitrogens with zero attached hydrogens (tertiary/aromatic N) is 3. The SMILES string of the molecule is O=C1CC(N2CCN(Cc3ccccc3)CC2)C(=O)N1c1ccccc1C(F)(F)F. The van der Waals surface area contributed by atoms with E-state index in [0.29, 0.717) is 18.0 Å². The van der Waals surface area contributed by atoms with Gasteiger partial charge < -0.3 is 0 Å². The fourth-order valence-corrected chi connectivity index (χ4v) is 4.14. The van der Waals surface area contributed by atoms with Gasteiger partial charge in [0, 0.05) is 32.7 Å². The lowest BCUT2D eigenvalue weighted by molar-refractivity contribution is -0.137. The number of para-hydroxylation sites is 1. The van der Waals surface area contributed by atoms with Crippen molar-refractivity contribution in [1.82, 2.24) is 9.80 Å². The van der Waals surface area contributed by atoms with Gasteiger partial charge in [0.15, 0.2) is 0 Å². The fourth-order valence-electron chi connectivity index (χ4n) is 4.14. The summed E-state index contributed by atoms with van der Waals surface area (Å²) in [7, 11) is 0. The molecular weight excluding hydrogens is 395 g/mol. The Kier molecular flexibility index (Phi) is 5.62. The van der Waals surface area contributed by atoms with Crippen LogP contribution in [-0.4, -0.2) is 53.8 Å². The van der Waals surface area contributed by atoms with Gasteiger partial charge in [-0.25, -0.2) is 4.90 Å². The number of carbonyl (C=O) groups excluding carboxylic acids is 2. The molecule has 2 aromatic rings. The summed E-state index contributed by atoms with van der Waals surface area (Å²) in [6.07, 6.45) is -4.73. The van der Waals surface area contributed by atoms with Gasteiger partial charge in [-0.1, -0.05) is 42.5 Å². The van der Waals surface area contributed by atoms with E-state index in [2.05, 4.69) is 17.0 Å². The lowest BCUT2D eigenvalue weighted by Gasteiger charge is -2.37. The molecule has 0 spiro atoms. The van der Waals surface area contributed by atoms with Crippen molar-refractivity contribution in [3.05, 3.63) is 65.7 Å². The van der Waals surface area contributed by atoms with E-state index in [1.165, 1.54) is 23.8 Å². The van der Waals surface area contributed by atoms with E-state index in [-0.39, 0.29) is 12.1 Å². The number of carbonyl (C=O) groups is 2. The Balaban J connectivity index is 1.44. The highest BCUT2D eigenvalue weighted by Gasteiger charge is 2.46. The van der Waals surface area contributed by atoms with E-state index < -0.39 is 29.6 Å². The molecule has 0 aliphatic carbocycles. The average Bonchev–Trinajstić information content (AvgIpc) is 3.03. The molecule has 8 heteroatoms. The van der Waals surface area contributed by atoms with Crippen LogP contribution in [0.1, 0.15) is 17.5 Å². The third-order valence-corrected chi connectivity index (χ3v) is 5.67. The van der Waals surface area contributed by atoms with E-state index in [9.17, 15) is 22.8 Å². The summed E-state index contributed by atoms with van der Waals surface area (Å²) < 4.78 is 40.1. The maximum atomic E-state index is 13.4. The maximum absolute atomic E-state index is 13.4. The van der Waals surface area contributed by atoms with Crippen LogP contribution in [0.3, 0.4) is 0 Å². The number of piperazine rings is 1. The number of halogens is 3. The van der Waals surface area contributed by atoms with Crippen molar-refractivity contribution in [2.75, 3.05) is 31.1 Å². The zero-order valence-electron chi connectivity index (χ0n) is 16.3. The molecule has 2 fully saturated rings. The number of alkyl halides is 3. The molecule has 30 heavy (non-hydrogen) atoms. The summed E-state index contributed by atoms with van der Waals surface area (Å²) in [4.78, 5) is 30.4. The summed E-state index contributed by atoms with van der Waals surface area (Å²) >= 11 is 0. The molecule has 0 saturated carbocycles. The Morgan fingerprint density at radius 3 is 2.17 bits per heavy atom. The predicted molar refractivity (Wildman–Crippen MR) is 106 cm³/mol. The standard InChI is InChI=1S/C22H22F3N3O2/c23-22(24,25)17-8-4-5-9-18(17)28-20(29)14-19(21(28)30)27-12-10-26(11-13-27)15-16-6-2-1-3-7-16/h1-9,19H,10-15H2. The van der Waals surface area contributed by atoms with Crippen LogP contribution in [-0.2, 0) is 22.3 Å². The summed E-state index contributed by atoms with van der Waals surface area (Å²) in [6.45, 7) is 3.44. The minimum Gasteiger partial charge on any atom is -0.297 e. The van der Waals surface area contributed by atoms with Crippen molar-refractivity contribution in [3.8, 4) is 0 Å². The summed E-state index contributed by atoms with van der Waals surface area (Å²) in [5, 5.41) is 0. The second kappa shape index (κ2) is 8.20. The third-order valence-electron chi connectivity index (χ3n) is 5.67. The van der Waals surface area contributed by atoms with Crippen molar-refractivity contribution < 1.29 is 22.8 Å². The first-order valence-electron chi connectivity index (χ1n) is 9.88. The van der Waals surface area contributed by atoms with Crippen LogP contribution in [0.5, 0.6) is 0 Å². The molecular formula is C22H22F3N3O2. The van der Waals surface area contributed by atoms with Gasteiger partial charge in [0.25, 0.3) is 5.91 Å². The third kappa shape index (κ3) is 4.11. The summed E-state index contributed by atoms with van der Waals surface area (Å²) in [5.74, 6) is -1.17. The minimum atomic E-state index is -4.64. The number of hydrogen-bond donors (Lipinski definition) is 0. The van der Waals surface area contributed by atoms with Gasteiger partial charge in [-0.05, 0) is 17.7 Å². The van der Waals surface area contributed by atoms with E-state index in [0.717, 1.165) is 25.7 Å². The first-order valence-corrected chi connectivity index (χ1v) is 9.88. The van der Waals surface area contributed by atoms with Gasteiger partial charge in [0.1, 0.15) is 0 Å². The molecule has 0 bridgehead atoms. The van der Waals surface area contributed by atoms with Gasteiger partial charge in [0.2, 0.25) is 5.91 Å². The van der Waals surface area contributed by atoms with Crippen LogP contribution in [0.25, 0.3) is 0 Å². The van der Waals surface area contributed by atoms with Crippen molar-refractivity contribution in [2.24, 2.45) is 0 Å². The van der Waals surface area contributed by atoms with E-state index in [4.69, 9.17) is 0 Å². The average molecular weight is 417 g/mol. The molecule has 2 saturated heterocycles. The van der Waals surface area contributed by atoms with Gasteiger partial charge in [0.05, 0.1) is 23.7 Å². The topological polar surface area (TPSA) is 43.9 Å². The Labute approximate surface area is 172 Å². The van der Waals surface area contributed by atoms with E-state index in [1.54, 1.807) is 0 Å². The van der Waals surface area contributed by atoms with Crippen molar-refractivity contribution in [1.29, 1.82) is 0 Å². The van der Waals surface area contributed by atoms with Crippen LogP contribution in [0, 0.1) is 0 Å². The van der Waals surface area contributed by atoms with Crippen LogP contribution < -0.4 is 4.90 Å². The van der Waals surface area contributed by atoms with Crippen molar-refractivity contribution >= 4 is 17.5 Å². The monoisotopic (exact) mass is 417 g/mol. The lowest BCUT2D eigenvalue weighted by atomic mass is 10.1. The van der Waals surface area contributed by atoms with Crippen molar-refractivity contribution in [3.63, 3.8) is 0 Å². The first kappa shape index (κ1) is 20.6. The van der Waals surface area contributed by atoms with E-state index >= 15 is 0 Å². The molecule has 2 heterocycles. The highest BCUT2D eigenvalue weighted by atomic mass is 19.4. The predicted octanol–water partition coefficient (Wildman–Crippen LogP) is 3.16. The molecule has 5 nitrogen and oxygen atoms in total. The molecule has 0 radical (unpaired) electrons. The molecule has 2 aliphatic heterocycles. The molecule has 2 aliphatic rings. The number of anilines is 1. The minimum absolute atomic E-state index is 0.0935. The summed E-state index contributed by atoms with van der Waals surface area (Å²) in [6, 6.07) is 14.1. The molecule has 0 N–H and O–H groups in total. The van der Waals surface area contributed by atoms with Crippen LogP contribution in [0.2, 0.25) is 0 Å². The molecule has 4 rings (SSSR count). The number of imide groups is 1. The van der Waals surface area contributed by atoms with Crippen molar-refractivity contribution in [2.45, 2.75) is 25.2 Å². The Morgan fingerprint density at radius 2 is 1.50 bits per heavy atom. The maximum Gasteiger partial charge on any atom is 0.418 e. The largest absolute Gasteiger partial charge is 0.418 e. The number of amides is 2. The highest BCUT2D eigenvalue weighted by Crippen LogP contribution is 2.38. The van der Waals surface area contributed by atoms with Gasteiger partial charge in [-0.15, -0.1) is 0 Å². The van der Waals surface area contributed by atoms with E-state index in [1.807, 2.05) is 23.1 Å². The van der Waals surface area contributed by atoms with Gasteiger partial charge >= 0.3 is 6.18 Å². The normalized spacial score (nSPS) is 21.4. The highest BCUT2D eigenvalue weighted by molar-refractivity contribution is 6.22. The molecule has 1 unspecified atom stereocenters. The Bertz CT molecular complexity index is 925. The van der Waals surface area contributed by atoms with Crippen LogP contribution >= 0.6 is 0 Å². The zero-order valence-corrected chi connectivity index (χ0v) is 16.3. The molecule has 2 amide bonds. The number of benzene rings is 2. The van der Waals surface area contributed by atoms with Crippen LogP contribution in [0.15, 0.2) is 54.6 Å². The molecule has 0 aromatic heterocycles. The fraction of sp³-hybridized carbons (Fsp3) is 0.364. The zero-order chi connectivity index (χ0) is 21.3. The number of hydrogen-bond acceptors (Lipinski definition) is 4. The molecule has 158 valence electrons. The number of rotatable bonds is 4. The second-order valence-corrected chi connectivity index (χ2v) is 7.60. The quantitative estimate of drug-likeness (QED) is 0.717. The van der Waals surface area contributed by atoms with Gasteiger partial charge in [-0.2, -0.15) is 13.2 Å². The van der Waals surface area contributed by atoms with Gasteiger partial charge in [-0.3, -0.25) is 19.4 Å². The molecule has 1 atom stereocenters. The Morgan fingerprint density at radius 1 is 0.867 bits per heavy atom. The second-order valence-electron chi connectivity index (χ2n) is 7.60. The van der Waals surface area contributed by atoms with Crippen LogP contribution in [0.4, 0.5) is 18.9 Å². The first-order chi connectivity index (χ1) is 14.3. The Hall–Kier alpha value is -2.71. The molecule has 2 aromatic carbocycles. The lowest BCUT2D eigenvalue weighted by Crippen LogP contribution is -2.52. The summed E-state index contributed by atoms with van der Waals surface area (Å²) in [5.41, 5.74) is -0.154.